The van der Waals surface area contributed by atoms with Crippen molar-refractivity contribution in [1.82, 2.24) is 0 Å². The maximum absolute atomic E-state index is 6.95. The molecule has 0 aliphatic carbocycles. The third-order valence-electron chi connectivity index (χ3n) is 0.636. The van der Waals surface area contributed by atoms with Crippen molar-refractivity contribution < 1.29 is 6.11 Å². The van der Waals surface area contributed by atoms with Gasteiger partial charge in [-0.05, 0) is 6.08 Å². The molecule has 0 bridgehead atoms. The van der Waals surface area contributed by atoms with Crippen molar-refractivity contribution in [3.8, 4) is 0 Å². The van der Waals surface area contributed by atoms with Gasteiger partial charge in [0.25, 0.3) is 0 Å². The minimum atomic E-state index is -0.718. The van der Waals surface area contributed by atoms with Crippen molar-refractivity contribution in [2.45, 2.75) is 0 Å². The number of allylic oxidation sites excluding steroid dienone is 1. The van der Waals surface area contributed by atoms with Crippen molar-refractivity contribution in [3.63, 3.8) is 0 Å². The van der Waals surface area contributed by atoms with Gasteiger partial charge in [0.2, 0.25) is 0 Å². The van der Waals surface area contributed by atoms with Crippen LogP contribution in [0.2, 0.25) is 0 Å². The zero-order valence-corrected chi connectivity index (χ0v) is 3.87. The Bertz CT molecular complexity index is 122. The van der Waals surface area contributed by atoms with Gasteiger partial charge in [-0.3, -0.25) is 4.99 Å². The Labute approximate surface area is 43.9 Å². The lowest BCUT2D eigenvalue weighted by atomic mass is 10.5. The predicted octanol–water partition coefficient (Wildman–Crippen LogP) is 0.601. The molecule has 0 spiro atoms. The van der Waals surface area contributed by atoms with E-state index >= 15 is 0 Å². The van der Waals surface area contributed by atoms with Crippen molar-refractivity contribution in [1.29, 1.82) is 0 Å². The minimum absolute atomic E-state index is 0.494. The molecule has 1 aliphatic rings. The summed E-state index contributed by atoms with van der Waals surface area (Å²) in [5, 5.41) is 0. The first-order valence-corrected chi connectivity index (χ1v) is 2.12. The molecule has 2 heteroatoms. The van der Waals surface area contributed by atoms with Crippen molar-refractivity contribution >= 4 is 6.21 Å². The second-order valence-electron chi connectivity index (χ2n) is 1.17. The molecule has 0 aromatic rings. The van der Waals surface area contributed by atoms with Gasteiger partial charge in [0, 0.05) is 6.21 Å². The molecule has 0 radical (unpaired) electrons. The lowest BCUT2D eigenvalue weighted by Gasteiger charge is -1.87. The molecule has 1 rings (SSSR count). The Morgan fingerprint density at radius 3 is 3.86 bits per heavy atom. The number of rotatable bonds is 0. The predicted molar refractivity (Wildman–Crippen MR) is 28.5 cm³/mol. The first kappa shape index (κ1) is 3.38. The smallest absolute Gasteiger partial charge is 0.137 e. The fourth-order valence-corrected chi connectivity index (χ4v) is 0.343. The molecule has 0 aromatic carbocycles. The van der Waals surface area contributed by atoms with Crippen LogP contribution >= 0.6 is 0 Å². The summed E-state index contributed by atoms with van der Waals surface area (Å²) >= 11 is 0. The first-order chi connectivity index (χ1) is 3.89. The fraction of sp³-hybridized carbons (Fsp3) is 0.400. The molecular formula is C5H7NO. The van der Waals surface area contributed by atoms with Crippen LogP contribution in [0.5, 0.6) is 0 Å². The van der Waals surface area contributed by atoms with Crippen LogP contribution in [0.25, 0.3) is 0 Å². The van der Waals surface area contributed by atoms with Gasteiger partial charge >= 0.3 is 0 Å². The van der Waals surface area contributed by atoms with Gasteiger partial charge in [-0.2, -0.15) is 0 Å². The normalized spacial score (nSPS) is 32.0. The molecule has 0 N–H and O–H groups in total. The molecule has 0 saturated carbocycles. The van der Waals surface area contributed by atoms with Gasteiger partial charge < -0.3 is 4.74 Å². The monoisotopic (exact) mass is 98.1 g/mol. The fourth-order valence-electron chi connectivity index (χ4n) is 0.343. The molecule has 1 heterocycles. The maximum atomic E-state index is 6.95. The molecule has 1 atom stereocenters. The van der Waals surface area contributed by atoms with E-state index in [0.717, 1.165) is 0 Å². The van der Waals surface area contributed by atoms with E-state index in [9.17, 15) is 0 Å². The van der Waals surface area contributed by atoms with Crippen LogP contribution in [-0.2, 0) is 4.74 Å². The maximum Gasteiger partial charge on any atom is 0.137 e. The molecule has 2 nitrogen and oxygen atoms in total. The van der Waals surface area contributed by atoms with E-state index < -0.39 is 6.71 Å². The summed E-state index contributed by atoms with van der Waals surface area (Å²) in [6.07, 6.45) is 5.16. The topological polar surface area (TPSA) is 21.6 Å². The van der Waals surface area contributed by atoms with Crippen molar-refractivity contribution in [2.24, 2.45) is 4.99 Å². The van der Waals surface area contributed by atoms with E-state index in [1.807, 2.05) is 6.08 Å². The van der Waals surface area contributed by atoms with E-state index in [1.54, 1.807) is 12.3 Å². The van der Waals surface area contributed by atoms with Gasteiger partial charge in [0.15, 0.2) is 0 Å². The highest BCUT2D eigenvalue weighted by Crippen LogP contribution is 1.81. The Hall–Kier alpha value is -0.630. The van der Waals surface area contributed by atoms with E-state index in [1.165, 1.54) is 0 Å². The van der Waals surface area contributed by atoms with Crippen LogP contribution in [0.4, 0.5) is 0 Å². The highest BCUT2D eigenvalue weighted by atomic mass is 16.5. The number of nitrogens with zero attached hydrogens (tertiary/aromatic N) is 1. The third-order valence-corrected chi connectivity index (χ3v) is 0.636. The van der Waals surface area contributed by atoms with Crippen molar-refractivity contribution in [3.05, 3.63) is 12.2 Å². The van der Waals surface area contributed by atoms with Crippen LogP contribution in [0, 0.1) is 0 Å². The number of hydrogen-bond donors (Lipinski definition) is 0. The zero-order valence-electron chi connectivity index (χ0n) is 4.87. The molecule has 7 heavy (non-hydrogen) atoms. The van der Waals surface area contributed by atoms with Crippen LogP contribution in [0.3, 0.4) is 0 Å². The third kappa shape index (κ3) is 1.50. The molecule has 1 unspecified atom stereocenters. The molecular weight excluding hydrogens is 90.1 g/mol. The minimum Gasteiger partial charge on any atom is -0.355 e. The van der Waals surface area contributed by atoms with Gasteiger partial charge in [-0.15, -0.1) is 0 Å². The summed E-state index contributed by atoms with van der Waals surface area (Å²) in [4.78, 5) is 3.66. The SMILES string of the molecule is [2H]C1N=CC=CCO1. The quantitative estimate of drug-likeness (QED) is 0.434. The zero-order chi connectivity index (χ0) is 5.82. The Morgan fingerprint density at radius 2 is 2.86 bits per heavy atom. The second-order valence-corrected chi connectivity index (χ2v) is 1.17. The molecule has 38 valence electrons. The highest BCUT2D eigenvalue weighted by molar-refractivity contribution is 5.70. The highest BCUT2D eigenvalue weighted by Gasteiger charge is 1.79. The van der Waals surface area contributed by atoms with Crippen LogP contribution in [-0.4, -0.2) is 19.5 Å². The number of ether oxygens (including phenoxy) is 1. The van der Waals surface area contributed by atoms with Gasteiger partial charge in [-0.1, -0.05) is 6.08 Å². The molecule has 1 aliphatic heterocycles. The first-order valence-electron chi connectivity index (χ1n) is 2.69. The van der Waals surface area contributed by atoms with E-state index in [-0.39, 0.29) is 0 Å². The average Bonchev–Trinajstić information content (AvgIpc) is 1.94. The molecule has 0 amide bonds. The summed E-state index contributed by atoms with van der Waals surface area (Å²) < 4.78 is 11.7. The lowest BCUT2D eigenvalue weighted by molar-refractivity contribution is 0.173. The Kier molecular flexibility index (Phi) is 1.22. The Balaban J connectivity index is 2.46. The lowest BCUT2D eigenvalue weighted by Crippen LogP contribution is -1.86. The molecule has 0 aromatic heterocycles. The molecule has 0 saturated heterocycles. The van der Waals surface area contributed by atoms with Crippen LogP contribution in [0.1, 0.15) is 1.37 Å². The van der Waals surface area contributed by atoms with E-state index in [0.29, 0.717) is 6.61 Å². The van der Waals surface area contributed by atoms with Gasteiger partial charge in [0.05, 0.1) is 7.98 Å². The van der Waals surface area contributed by atoms with Crippen molar-refractivity contribution in [2.75, 3.05) is 13.3 Å². The van der Waals surface area contributed by atoms with Crippen LogP contribution < -0.4 is 0 Å². The summed E-state index contributed by atoms with van der Waals surface area (Å²) in [5.41, 5.74) is 0. The van der Waals surface area contributed by atoms with Gasteiger partial charge in [-0.25, -0.2) is 0 Å². The standard InChI is InChI=1S/C5H7NO/c1-2-4-7-5-6-3-1/h1-3H,4-5H2/i5D. The summed E-state index contributed by atoms with van der Waals surface area (Å²) in [6.45, 7) is -0.223. The average molecular weight is 98.1 g/mol. The van der Waals surface area contributed by atoms with Gasteiger partial charge in [0.1, 0.15) is 6.71 Å². The van der Waals surface area contributed by atoms with E-state index in [2.05, 4.69) is 4.99 Å². The second kappa shape index (κ2) is 2.53. The summed E-state index contributed by atoms with van der Waals surface area (Å²) in [5.74, 6) is 0. The largest absolute Gasteiger partial charge is 0.355 e. The summed E-state index contributed by atoms with van der Waals surface area (Å²) in [6, 6.07) is 0. The summed E-state index contributed by atoms with van der Waals surface area (Å²) in [7, 11) is 0. The Morgan fingerprint density at radius 1 is 1.86 bits per heavy atom. The van der Waals surface area contributed by atoms with Crippen LogP contribution in [0.15, 0.2) is 17.1 Å². The molecule has 0 fully saturated rings. The van der Waals surface area contributed by atoms with E-state index in [4.69, 9.17) is 6.11 Å². The number of hydrogen-bond acceptors (Lipinski definition) is 2. The number of aliphatic imine (C=N–C) groups is 1.